The van der Waals surface area contributed by atoms with Gasteiger partial charge in [-0.1, -0.05) is 52.3 Å². The molecule has 0 aromatic heterocycles. The monoisotopic (exact) mass is 391 g/mol. The maximum Gasteiger partial charge on any atom is 0.0917 e. The highest BCUT2D eigenvalue weighted by Crippen LogP contribution is 2.26. The van der Waals surface area contributed by atoms with Gasteiger partial charge in [-0.05, 0) is 35.2 Å². The number of likely N-dealkylation sites (tertiary alicyclic amines) is 1. The summed E-state index contributed by atoms with van der Waals surface area (Å²) < 4.78 is 1.05. The molecular weight excluding hydrogens is 370 g/mol. The van der Waals surface area contributed by atoms with Crippen molar-refractivity contribution in [3.05, 3.63) is 58.6 Å². The van der Waals surface area contributed by atoms with Crippen LogP contribution in [0, 0.1) is 0 Å². The number of β-amino-alcohol motifs (C(OH)–C–C–N with tert-alkyl or cyclic N) is 2. The molecule has 1 heterocycles. The summed E-state index contributed by atoms with van der Waals surface area (Å²) in [5.41, 5.74) is 3.07. The van der Waals surface area contributed by atoms with E-state index in [1.165, 1.54) is 0 Å². The summed E-state index contributed by atoms with van der Waals surface area (Å²) in [6.07, 6.45) is -0.497. The third-order valence-corrected chi connectivity index (χ3v) is 5.13. The van der Waals surface area contributed by atoms with Crippen LogP contribution in [-0.4, -0.2) is 52.1 Å². The van der Waals surface area contributed by atoms with Crippen LogP contribution in [0.5, 0.6) is 0 Å². The molecule has 1 saturated heterocycles. The van der Waals surface area contributed by atoms with Gasteiger partial charge in [-0.2, -0.15) is 0 Å². The molecule has 4 nitrogen and oxygen atoms in total. The number of benzene rings is 2. The van der Waals surface area contributed by atoms with Gasteiger partial charge in [0.05, 0.1) is 18.8 Å². The number of rotatable bonds is 5. The van der Waals surface area contributed by atoms with Crippen LogP contribution in [0.1, 0.15) is 18.1 Å². The first-order chi connectivity index (χ1) is 11.6. The third kappa shape index (κ3) is 4.05. The Morgan fingerprint density at radius 2 is 1.62 bits per heavy atom. The van der Waals surface area contributed by atoms with Crippen molar-refractivity contribution in [1.29, 1.82) is 0 Å². The zero-order valence-corrected chi connectivity index (χ0v) is 14.9. The highest BCUT2D eigenvalue weighted by Gasteiger charge is 2.31. The van der Waals surface area contributed by atoms with Crippen LogP contribution in [0.3, 0.4) is 0 Å². The standard InChI is InChI=1S/C19H22BrNO3/c20-16-7-5-14(6-8-16)13-1-3-15(4-2-13)19(24)11-21-10-18(23)9-17(21)12-22/h1-8,17-19,22-24H,9-12H2/t17-,18-,19-/m0/s1. The van der Waals surface area contributed by atoms with Crippen LogP contribution in [-0.2, 0) is 0 Å². The molecule has 0 bridgehead atoms. The number of aliphatic hydroxyl groups is 3. The van der Waals surface area contributed by atoms with Crippen LogP contribution in [0.2, 0.25) is 0 Å². The molecule has 0 radical (unpaired) electrons. The summed E-state index contributed by atoms with van der Waals surface area (Å²) in [5.74, 6) is 0. The maximum absolute atomic E-state index is 10.5. The normalized spacial score (nSPS) is 22.7. The molecule has 0 spiro atoms. The number of hydrogen-bond acceptors (Lipinski definition) is 4. The van der Waals surface area contributed by atoms with Crippen LogP contribution >= 0.6 is 15.9 Å². The van der Waals surface area contributed by atoms with Crippen LogP contribution in [0.4, 0.5) is 0 Å². The molecule has 128 valence electrons. The number of nitrogens with zero attached hydrogens (tertiary/aromatic N) is 1. The number of aliphatic hydroxyl groups excluding tert-OH is 3. The van der Waals surface area contributed by atoms with Gasteiger partial charge < -0.3 is 15.3 Å². The molecule has 1 fully saturated rings. The predicted molar refractivity (Wildman–Crippen MR) is 97.6 cm³/mol. The molecule has 2 aromatic carbocycles. The quantitative estimate of drug-likeness (QED) is 0.732. The average molecular weight is 392 g/mol. The summed E-state index contributed by atoms with van der Waals surface area (Å²) in [4.78, 5) is 1.96. The smallest absolute Gasteiger partial charge is 0.0917 e. The summed E-state index contributed by atoms with van der Waals surface area (Å²) in [6.45, 7) is 0.922. The van der Waals surface area contributed by atoms with Crippen molar-refractivity contribution in [2.45, 2.75) is 24.7 Å². The van der Waals surface area contributed by atoms with E-state index in [4.69, 9.17) is 0 Å². The molecule has 0 aliphatic carbocycles. The van der Waals surface area contributed by atoms with E-state index in [1.807, 2.05) is 53.4 Å². The lowest BCUT2D eigenvalue weighted by molar-refractivity contribution is 0.0818. The molecular formula is C19H22BrNO3. The fraction of sp³-hybridized carbons (Fsp3) is 0.368. The Balaban J connectivity index is 1.67. The second-order valence-corrected chi connectivity index (χ2v) is 7.24. The van der Waals surface area contributed by atoms with Gasteiger partial charge >= 0.3 is 0 Å². The van der Waals surface area contributed by atoms with Gasteiger partial charge in [-0.25, -0.2) is 0 Å². The summed E-state index contributed by atoms with van der Waals surface area (Å²) >= 11 is 3.43. The van der Waals surface area contributed by atoms with Gasteiger partial charge in [-0.15, -0.1) is 0 Å². The zero-order valence-electron chi connectivity index (χ0n) is 13.3. The van der Waals surface area contributed by atoms with E-state index in [9.17, 15) is 15.3 Å². The molecule has 0 amide bonds. The SMILES string of the molecule is OC[C@@H]1C[C@H](O)CN1C[C@H](O)c1ccc(-c2ccc(Br)cc2)cc1. The van der Waals surface area contributed by atoms with E-state index in [1.54, 1.807) is 0 Å². The zero-order chi connectivity index (χ0) is 17.1. The highest BCUT2D eigenvalue weighted by molar-refractivity contribution is 9.10. The molecule has 0 saturated carbocycles. The fourth-order valence-electron chi connectivity index (χ4n) is 3.24. The van der Waals surface area contributed by atoms with Crippen LogP contribution < -0.4 is 0 Å². The van der Waals surface area contributed by atoms with E-state index >= 15 is 0 Å². The Morgan fingerprint density at radius 1 is 1.04 bits per heavy atom. The minimum absolute atomic E-state index is 0.00623. The van der Waals surface area contributed by atoms with E-state index in [-0.39, 0.29) is 12.6 Å². The molecule has 5 heteroatoms. The summed E-state index contributed by atoms with van der Waals surface area (Å²) in [7, 11) is 0. The lowest BCUT2D eigenvalue weighted by Gasteiger charge is -2.25. The highest BCUT2D eigenvalue weighted by atomic mass is 79.9. The first kappa shape index (κ1) is 17.6. The molecule has 3 rings (SSSR count). The Bertz CT molecular complexity index is 659. The van der Waals surface area contributed by atoms with E-state index < -0.39 is 12.2 Å². The molecule has 1 aliphatic rings. The maximum atomic E-state index is 10.5. The van der Waals surface area contributed by atoms with Gasteiger partial charge in [0.1, 0.15) is 0 Å². The number of halogens is 1. The largest absolute Gasteiger partial charge is 0.395 e. The van der Waals surface area contributed by atoms with Crippen molar-refractivity contribution in [2.75, 3.05) is 19.7 Å². The van der Waals surface area contributed by atoms with Gasteiger partial charge in [0.2, 0.25) is 0 Å². The van der Waals surface area contributed by atoms with E-state index in [0.717, 1.165) is 21.2 Å². The van der Waals surface area contributed by atoms with Gasteiger partial charge in [0.15, 0.2) is 0 Å². The second kappa shape index (κ2) is 7.76. The Hall–Kier alpha value is -1.24. The van der Waals surface area contributed by atoms with E-state index in [0.29, 0.717) is 19.5 Å². The van der Waals surface area contributed by atoms with Crippen LogP contribution in [0.25, 0.3) is 11.1 Å². The lowest BCUT2D eigenvalue weighted by atomic mass is 10.0. The van der Waals surface area contributed by atoms with Gasteiger partial charge in [-0.3, -0.25) is 4.90 Å². The Labute approximate surface area is 150 Å². The molecule has 1 aliphatic heterocycles. The Kier molecular flexibility index (Phi) is 5.69. The third-order valence-electron chi connectivity index (χ3n) is 4.60. The minimum Gasteiger partial charge on any atom is -0.395 e. The molecule has 24 heavy (non-hydrogen) atoms. The van der Waals surface area contributed by atoms with Crippen molar-refractivity contribution in [1.82, 2.24) is 4.90 Å². The van der Waals surface area contributed by atoms with Crippen molar-refractivity contribution < 1.29 is 15.3 Å². The number of hydrogen-bond donors (Lipinski definition) is 3. The molecule has 3 atom stereocenters. The van der Waals surface area contributed by atoms with Crippen molar-refractivity contribution in [3.63, 3.8) is 0 Å². The minimum atomic E-state index is -0.636. The van der Waals surface area contributed by atoms with Crippen molar-refractivity contribution in [2.24, 2.45) is 0 Å². The summed E-state index contributed by atoms with van der Waals surface area (Å²) in [5, 5.41) is 29.6. The second-order valence-electron chi connectivity index (χ2n) is 6.32. The first-order valence-corrected chi connectivity index (χ1v) is 8.93. The lowest BCUT2D eigenvalue weighted by Crippen LogP contribution is -2.35. The predicted octanol–water partition coefficient (Wildman–Crippen LogP) is 2.58. The molecule has 2 aromatic rings. The Morgan fingerprint density at radius 3 is 2.21 bits per heavy atom. The van der Waals surface area contributed by atoms with Crippen molar-refractivity contribution >= 4 is 15.9 Å². The van der Waals surface area contributed by atoms with Crippen LogP contribution in [0.15, 0.2) is 53.0 Å². The molecule has 0 unspecified atom stereocenters. The van der Waals surface area contributed by atoms with Gasteiger partial charge in [0.25, 0.3) is 0 Å². The average Bonchev–Trinajstić information content (AvgIpc) is 2.95. The molecule has 3 N–H and O–H groups in total. The first-order valence-electron chi connectivity index (χ1n) is 8.13. The van der Waals surface area contributed by atoms with E-state index in [2.05, 4.69) is 15.9 Å². The fourth-order valence-corrected chi connectivity index (χ4v) is 3.50. The van der Waals surface area contributed by atoms with Gasteiger partial charge in [0, 0.05) is 23.6 Å². The van der Waals surface area contributed by atoms with Crippen molar-refractivity contribution in [3.8, 4) is 11.1 Å². The topological polar surface area (TPSA) is 63.9 Å². The summed E-state index contributed by atoms with van der Waals surface area (Å²) in [6, 6.07) is 15.9.